The molecule has 4 N–H and O–H groups in total. The number of nitrogen functional groups attached to an aromatic ring is 1. The fourth-order valence-electron chi connectivity index (χ4n) is 1.60. The number of carbonyl (C=O) groups is 1. The molecule has 0 spiro atoms. The summed E-state index contributed by atoms with van der Waals surface area (Å²) in [5.41, 5.74) is 12.8. The molecule has 1 amide bonds. The highest BCUT2D eigenvalue weighted by molar-refractivity contribution is 5.81. The minimum atomic E-state index is -0.371. The number of aromatic nitrogens is 1. The Hall–Kier alpha value is -1.78. The third-order valence-electron chi connectivity index (χ3n) is 2.61. The number of hydrogen-bond acceptors (Lipinski definition) is 4. The van der Waals surface area contributed by atoms with Crippen molar-refractivity contribution in [1.82, 2.24) is 4.98 Å². The molecule has 5 heteroatoms. The van der Waals surface area contributed by atoms with Gasteiger partial charge in [0.2, 0.25) is 5.91 Å². The fourth-order valence-corrected chi connectivity index (χ4v) is 1.60. The topological polar surface area (TPSA) is 85.2 Å². The van der Waals surface area contributed by atoms with Crippen LogP contribution in [0.2, 0.25) is 0 Å². The van der Waals surface area contributed by atoms with Crippen LogP contribution in [0, 0.1) is 6.92 Å². The molecule has 0 aliphatic heterocycles. The molecule has 0 aliphatic carbocycles. The smallest absolute Gasteiger partial charge is 0.236 e. The number of amides is 1. The molecule has 0 aliphatic rings. The van der Waals surface area contributed by atoms with E-state index in [9.17, 15) is 4.79 Å². The van der Waals surface area contributed by atoms with E-state index in [-0.39, 0.29) is 12.5 Å². The Balaban J connectivity index is 2.94. The van der Waals surface area contributed by atoms with Gasteiger partial charge >= 0.3 is 0 Å². The van der Waals surface area contributed by atoms with Gasteiger partial charge in [-0.15, -0.1) is 0 Å². The molecule has 1 rings (SSSR count). The van der Waals surface area contributed by atoms with Crippen LogP contribution in [0.15, 0.2) is 12.3 Å². The van der Waals surface area contributed by atoms with E-state index in [0.29, 0.717) is 11.5 Å². The highest BCUT2D eigenvalue weighted by Gasteiger charge is 2.14. The van der Waals surface area contributed by atoms with Gasteiger partial charge in [0.05, 0.1) is 12.2 Å². The van der Waals surface area contributed by atoms with E-state index in [1.54, 1.807) is 6.20 Å². The monoisotopic (exact) mass is 236 g/mol. The van der Waals surface area contributed by atoms with Crippen LogP contribution in [0.1, 0.15) is 25.3 Å². The van der Waals surface area contributed by atoms with Gasteiger partial charge in [0.15, 0.2) is 5.82 Å². The van der Waals surface area contributed by atoms with Gasteiger partial charge in [0.1, 0.15) is 0 Å². The van der Waals surface area contributed by atoms with E-state index in [1.165, 1.54) is 0 Å². The Kier molecular flexibility index (Phi) is 4.75. The maximum absolute atomic E-state index is 11.1. The number of carbonyl (C=O) groups excluding carboxylic acids is 1. The Labute approximate surface area is 102 Å². The molecule has 1 aromatic heterocycles. The van der Waals surface area contributed by atoms with Crippen molar-refractivity contribution in [2.75, 3.05) is 23.7 Å². The van der Waals surface area contributed by atoms with Crippen LogP contribution in [0.3, 0.4) is 0 Å². The van der Waals surface area contributed by atoms with Gasteiger partial charge in [-0.1, -0.05) is 13.3 Å². The molecule has 0 unspecified atom stereocenters. The van der Waals surface area contributed by atoms with E-state index >= 15 is 0 Å². The number of primary amides is 1. The second-order valence-corrected chi connectivity index (χ2v) is 4.11. The maximum Gasteiger partial charge on any atom is 0.236 e. The standard InChI is InChI=1S/C12H20N4O/c1-3-4-7-16(8-10(13)17)12-11(14)9(2)5-6-15-12/h5-6H,3-4,7-8,14H2,1-2H3,(H2,13,17). The number of aryl methyl sites for hydroxylation is 1. The largest absolute Gasteiger partial charge is 0.396 e. The fraction of sp³-hybridized carbons (Fsp3) is 0.500. The van der Waals surface area contributed by atoms with Crippen molar-refractivity contribution in [3.05, 3.63) is 17.8 Å². The van der Waals surface area contributed by atoms with Crippen molar-refractivity contribution in [2.24, 2.45) is 5.73 Å². The third kappa shape index (κ3) is 3.62. The highest BCUT2D eigenvalue weighted by atomic mass is 16.1. The van der Waals surface area contributed by atoms with E-state index < -0.39 is 0 Å². The normalized spacial score (nSPS) is 10.2. The first-order valence-electron chi connectivity index (χ1n) is 5.80. The Bertz CT molecular complexity index is 392. The van der Waals surface area contributed by atoms with E-state index in [2.05, 4.69) is 11.9 Å². The lowest BCUT2D eigenvalue weighted by molar-refractivity contribution is -0.116. The van der Waals surface area contributed by atoms with E-state index in [4.69, 9.17) is 11.5 Å². The van der Waals surface area contributed by atoms with E-state index in [1.807, 2.05) is 17.9 Å². The minimum Gasteiger partial charge on any atom is -0.396 e. The molecule has 1 heterocycles. The van der Waals surface area contributed by atoms with Crippen molar-refractivity contribution >= 4 is 17.4 Å². The Morgan fingerprint density at radius 1 is 1.53 bits per heavy atom. The lowest BCUT2D eigenvalue weighted by Gasteiger charge is -2.23. The van der Waals surface area contributed by atoms with Crippen LogP contribution < -0.4 is 16.4 Å². The average molecular weight is 236 g/mol. The van der Waals surface area contributed by atoms with Crippen molar-refractivity contribution in [1.29, 1.82) is 0 Å². The first kappa shape index (κ1) is 13.3. The summed E-state index contributed by atoms with van der Waals surface area (Å²) >= 11 is 0. The van der Waals surface area contributed by atoms with Gasteiger partial charge in [-0.25, -0.2) is 4.98 Å². The van der Waals surface area contributed by atoms with Gasteiger partial charge in [-0.2, -0.15) is 0 Å². The first-order chi connectivity index (χ1) is 8.06. The second-order valence-electron chi connectivity index (χ2n) is 4.11. The number of pyridine rings is 1. The minimum absolute atomic E-state index is 0.153. The third-order valence-corrected chi connectivity index (χ3v) is 2.61. The first-order valence-corrected chi connectivity index (χ1v) is 5.80. The lowest BCUT2D eigenvalue weighted by atomic mass is 10.2. The Morgan fingerprint density at radius 2 is 2.24 bits per heavy atom. The zero-order valence-electron chi connectivity index (χ0n) is 10.4. The number of nitrogens with zero attached hydrogens (tertiary/aromatic N) is 2. The Morgan fingerprint density at radius 3 is 2.82 bits per heavy atom. The lowest BCUT2D eigenvalue weighted by Crippen LogP contribution is -2.35. The highest BCUT2D eigenvalue weighted by Crippen LogP contribution is 2.23. The number of hydrogen-bond donors (Lipinski definition) is 2. The molecule has 0 fully saturated rings. The van der Waals surface area contributed by atoms with Gasteiger partial charge in [-0.3, -0.25) is 4.79 Å². The molecular formula is C12H20N4O. The van der Waals surface area contributed by atoms with Gasteiger partial charge in [-0.05, 0) is 25.0 Å². The summed E-state index contributed by atoms with van der Waals surface area (Å²) in [6.45, 7) is 4.90. The molecule has 1 aromatic rings. The molecule has 0 radical (unpaired) electrons. The number of nitrogens with two attached hydrogens (primary N) is 2. The van der Waals surface area contributed by atoms with Crippen LogP contribution in [0.4, 0.5) is 11.5 Å². The van der Waals surface area contributed by atoms with E-state index in [0.717, 1.165) is 24.9 Å². The van der Waals surface area contributed by atoms with Gasteiger partial charge in [0, 0.05) is 12.7 Å². The van der Waals surface area contributed by atoms with Crippen LogP contribution in [0.5, 0.6) is 0 Å². The molecule has 0 atom stereocenters. The summed E-state index contributed by atoms with van der Waals surface area (Å²) in [5.74, 6) is 0.279. The molecule has 0 bridgehead atoms. The number of rotatable bonds is 6. The molecule has 5 nitrogen and oxygen atoms in total. The van der Waals surface area contributed by atoms with Crippen LogP contribution in [0.25, 0.3) is 0 Å². The summed E-state index contributed by atoms with van der Waals surface area (Å²) in [5, 5.41) is 0. The van der Waals surface area contributed by atoms with Crippen LogP contribution in [-0.2, 0) is 4.79 Å². The second kappa shape index (κ2) is 6.08. The number of anilines is 2. The van der Waals surface area contributed by atoms with Crippen molar-refractivity contribution in [3.8, 4) is 0 Å². The van der Waals surface area contributed by atoms with Gasteiger partial charge in [0.25, 0.3) is 0 Å². The number of unbranched alkanes of at least 4 members (excludes halogenated alkanes) is 1. The SMILES string of the molecule is CCCCN(CC(N)=O)c1nccc(C)c1N. The van der Waals surface area contributed by atoms with Crippen LogP contribution >= 0.6 is 0 Å². The quantitative estimate of drug-likeness (QED) is 0.773. The summed E-state index contributed by atoms with van der Waals surface area (Å²) in [7, 11) is 0. The predicted molar refractivity (Wildman–Crippen MR) is 69.7 cm³/mol. The summed E-state index contributed by atoms with van der Waals surface area (Å²) < 4.78 is 0. The average Bonchev–Trinajstić information content (AvgIpc) is 2.28. The van der Waals surface area contributed by atoms with Crippen molar-refractivity contribution < 1.29 is 4.79 Å². The molecule has 0 saturated heterocycles. The van der Waals surface area contributed by atoms with Crippen molar-refractivity contribution in [3.63, 3.8) is 0 Å². The molecule has 0 saturated carbocycles. The molecular weight excluding hydrogens is 216 g/mol. The summed E-state index contributed by atoms with van der Waals surface area (Å²) in [4.78, 5) is 17.1. The molecule has 17 heavy (non-hydrogen) atoms. The summed E-state index contributed by atoms with van der Waals surface area (Å²) in [6.07, 6.45) is 3.71. The van der Waals surface area contributed by atoms with Gasteiger partial charge < -0.3 is 16.4 Å². The zero-order chi connectivity index (χ0) is 12.8. The van der Waals surface area contributed by atoms with Crippen molar-refractivity contribution in [2.45, 2.75) is 26.7 Å². The van der Waals surface area contributed by atoms with Crippen LogP contribution in [-0.4, -0.2) is 24.0 Å². The predicted octanol–water partition coefficient (Wildman–Crippen LogP) is 1.06. The molecule has 94 valence electrons. The summed E-state index contributed by atoms with van der Waals surface area (Å²) in [6, 6.07) is 1.85. The maximum atomic E-state index is 11.1. The zero-order valence-corrected chi connectivity index (χ0v) is 10.4. The molecule has 0 aromatic carbocycles.